The lowest BCUT2D eigenvalue weighted by atomic mass is 10.0. The number of fused-ring (bicyclic) bond motifs is 1. The zero-order valence-electron chi connectivity index (χ0n) is 13.0. The molecule has 1 N–H and O–H groups in total. The maximum absolute atomic E-state index is 3.48. The lowest BCUT2D eigenvalue weighted by Gasteiger charge is -2.21. The normalized spacial score (nSPS) is 13.9. The molecule has 0 saturated carbocycles. The Morgan fingerprint density at radius 2 is 1.86 bits per heavy atom. The number of nitrogens with one attached hydrogen (secondary N) is 1. The molecule has 0 spiro atoms. The van der Waals surface area contributed by atoms with Crippen LogP contribution in [0, 0.1) is 6.92 Å². The molecule has 2 nitrogen and oxygen atoms in total. The highest BCUT2D eigenvalue weighted by Crippen LogP contribution is 2.23. The second-order valence-corrected chi connectivity index (χ2v) is 6.18. The Morgan fingerprint density at radius 1 is 1.05 bits per heavy atom. The van der Waals surface area contributed by atoms with Gasteiger partial charge in [0.25, 0.3) is 0 Å². The van der Waals surface area contributed by atoms with Crippen LogP contribution in [0.15, 0.2) is 42.5 Å². The number of anilines is 1. The summed E-state index contributed by atoms with van der Waals surface area (Å²) in [5, 5.41) is 3.48. The molecule has 0 fully saturated rings. The summed E-state index contributed by atoms with van der Waals surface area (Å²) in [4.78, 5) is 2.38. The van der Waals surface area contributed by atoms with E-state index in [4.69, 9.17) is 0 Å². The van der Waals surface area contributed by atoms with Crippen LogP contribution in [0.3, 0.4) is 0 Å². The molecule has 1 aliphatic heterocycles. The molecule has 2 aromatic carbocycles. The highest BCUT2D eigenvalue weighted by Gasteiger charge is 2.09. The molecule has 3 rings (SSSR count). The highest BCUT2D eigenvalue weighted by atomic mass is 15.1. The van der Waals surface area contributed by atoms with Crippen LogP contribution in [0.4, 0.5) is 5.69 Å². The number of hydrogen-bond acceptors (Lipinski definition) is 2. The quantitative estimate of drug-likeness (QED) is 0.911. The molecule has 0 atom stereocenters. The average Bonchev–Trinajstić information content (AvgIpc) is 2.47. The molecule has 1 aliphatic rings. The fraction of sp³-hybridized carbons (Fsp3) is 0.368. The third kappa shape index (κ3) is 3.64. The van der Waals surface area contributed by atoms with Gasteiger partial charge in [-0.3, -0.25) is 4.90 Å². The lowest BCUT2D eigenvalue weighted by Crippen LogP contribution is -2.18. The Bertz CT molecular complexity index is 619. The molecule has 110 valence electrons. The maximum Gasteiger partial charge on any atom is 0.0372 e. The zero-order valence-corrected chi connectivity index (χ0v) is 13.0. The van der Waals surface area contributed by atoms with Gasteiger partial charge >= 0.3 is 0 Å². The van der Waals surface area contributed by atoms with Crippen molar-refractivity contribution in [3.8, 4) is 0 Å². The maximum atomic E-state index is 3.48. The summed E-state index contributed by atoms with van der Waals surface area (Å²) in [6.45, 7) is 5.26. The molecular weight excluding hydrogens is 256 g/mol. The van der Waals surface area contributed by atoms with Crippen LogP contribution in [0.2, 0.25) is 0 Å². The van der Waals surface area contributed by atoms with E-state index in [1.54, 1.807) is 0 Å². The molecule has 0 amide bonds. The van der Waals surface area contributed by atoms with Crippen molar-refractivity contribution in [1.82, 2.24) is 4.90 Å². The summed E-state index contributed by atoms with van der Waals surface area (Å²) < 4.78 is 0. The van der Waals surface area contributed by atoms with Crippen LogP contribution in [0.1, 0.15) is 28.7 Å². The predicted octanol–water partition coefficient (Wildman–Crippen LogP) is 3.99. The molecule has 2 heteroatoms. The van der Waals surface area contributed by atoms with Gasteiger partial charge < -0.3 is 5.32 Å². The first kappa shape index (κ1) is 14.2. The smallest absolute Gasteiger partial charge is 0.0372 e. The summed E-state index contributed by atoms with van der Waals surface area (Å²) in [6.07, 6.45) is 2.45. The van der Waals surface area contributed by atoms with E-state index in [0.717, 1.165) is 19.6 Å². The van der Waals surface area contributed by atoms with Gasteiger partial charge in [0, 0.05) is 25.3 Å². The molecule has 0 radical (unpaired) electrons. The van der Waals surface area contributed by atoms with E-state index in [1.165, 1.54) is 40.8 Å². The van der Waals surface area contributed by atoms with Crippen LogP contribution < -0.4 is 5.32 Å². The minimum absolute atomic E-state index is 0.997. The van der Waals surface area contributed by atoms with Crippen molar-refractivity contribution in [2.75, 3.05) is 18.9 Å². The van der Waals surface area contributed by atoms with Crippen molar-refractivity contribution in [1.29, 1.82) is 0 Å². The Labute approximate surface area is 127 Å². The van der Waals surface area contributed by atoms with E-state index in [1.807, 2.05) is 0 Å². The first-order valence-corrected chi connectivity index (χ1v) is 7.80. The number of hydrogen-bond donors (Lipinski definition) is 1. The number of rotatable bonds is 4. The van der Waals surface area contributed by atoms with Crippen LogP contribution in [-0.4, -0.2) is 18.5 Å². The first-order chi connectivity index (χ1) is 10.2. The van der Waals surface area contributed by atoms with Crippen LogP contribution in [0.25, 0.3) is 0 Å². The second-order valence-electron chi connectivity index (χ2n) is 6.18. The first-order valence-electron chi connectivity index (χ1n) is 7.80. The van der Waals surface area contributed by atoms with Crippen LogP contribution in [-0.2, 0) is 19.5 Å². The topological polar surface area (TPSA) is 15.3 Å². The fourth-order valence-electron chi connectivity index (χ4n) is 3.12. The molecular formula is C19H24N2. The Hall–Kier alpha value is -1.80. The van der Waals surface area contributed by atoms with Gasteiger partial charge in [0.1, 0.15) is 0 Å². The lowest BCUT2D eigenvalue weighted by molar-refractivity contribution is 0.319. The minimum atomic E-state index is 0.997. The summed E-state index contributed by atoms with van der Waals surface area (Å²) in [6, 6.07) is 15.6. The molecule has 1 heterocycles. The van der Waals surface area contributed by atoms with Gasteiger partial charge in [-0.1, -0.05) is 42.0 Å². The van der Waals surface area contributed by atoms with Gasteiger partial charge in [-0.2, -0.15) is 0 Å². The van der Waals surface area contributed by atoms with Gasteiger partial charge in [-0.15, -0.1) is 0 Å². The Kier molecular flexibility index (Phi) is 4.26. The van der Waals surface area contributed by atoms with E-state index >= 15 is 0 Å². The standard InChI is InChI=1S/C19H24N2/c1-15-5-3-6-16(11-15)13-21(2)14-17-8-9-19-18(12-17)7-4-10-20-19/h3,5-6,8-9,11-12,20H,4,7,10,13-14H2,1-2H3. The molecule has 0 unspecified atom stereocenters. The van der Waals surface area contributed by atoms with Gasteiger partial charge in [0.05, 0.1) is 0 Å². The van der Waals surface area contributed by atoms with Crippen molar-refractivity contribution >= 4 is 5.69 Å². The monoisotopic (exact) mass is 280 g/mol. The third-order valence-electron chi connectivity index (χ3n) is 4.10. The van der Waals surface area contributed by atoms with Crippen molar-refractivity contribution < 1.29 is 0 Å². The fourth-order valence-corrected chi connectivity index (χ4v) is 3.12. The highest BCUT2D eigenvalue weighted by molar-refractivity contribution is 5.54. The van der Waals surface area contributed by atoms with Gasteiger partial charge in [0.2, 0.25) is 0 Å². The van der Waals surface area contributed by atoms with Crippen LogP contribution >= 0.6 is 0 Å². The third-order valence-corrected chi connectivity index (χ3v) is 4.10. The van der Waals surface area contributed by atoms with Gasteiger partial charge in [0.15, 0.2) is 0 Å². The molecule has 0 aromatic heterocycles. The van der Waals surface area contributed by atoms with Crippen molar-refractivity contribution in [2.45, 2.75) is 32.9 Å². The summed E-state index contributed by atoms with van der Waals surface area (Å²) >= 11 is 0. The molecule has 21 heavy (non-hydrogen) atoms. The SMILES string of the molecule is Cc1cccc(CN(C)Cc2ccc3c(c2)CCCN3)c1. The largest absolute Gasteiger partial charge is 0.385 e. The Balaban J connectivity index is 1.65. The molecule has 0 bridgehead atoms. The van der Waals surface area contributed by atoms with Crippen molar-refractivity contribution in [2.24, 2.45) is 0 Å². The molecule has 0 aliphatic carbocycles. The van der Waals surface area contributed by atoms with Crippen LogP contribution in [0.5, 0.6) is 0 Å². The second kappa shape index (κ2) is 6.31. The van der Waals surface area contributed by atoms with E-state index < -0.39 is 0 Å². The van der Waals surface area contributed by atoms with Crippen molar-refractivity contribution in [3.63, 3.8) is 0 Å². The van der Waals surface area contributed by atoms with Gasteiger partial charge in [-0.05, 0) is 49.6 Å². The predicted molar refractivity (Wildman–Crippen MR) is 89.6 cm³/mol. The van der Waals surface area contributed by atoms with Gasteiger partial charge in [-0.25, -0.2) is 0 Å². The summed E-state index contributed by atoms with van der Waals surface area (Å²) in [5.74, 6) is 0. The summed E-state index contributed by atoms with van der Waals surface area (Å²) in [7, 11) is 2.19. The number of aryl methyl sites for hydroxylation is 2. The van der Waals surface area contributed by atoms with E-state index in [2.05, 4.69) is 66.7 Å². The molecule has 2 aromatic rings. The van der Waals surface area contributed by atoms with E-state index in [-0.39, 0.29) is 0 Å². The summed E-state index contributed by atoms with van der Waals surface area (Å²) in [5.41, 5.74) is 6.93. The van der Waals surface area contributed by atoms with E-state index in [9.17, 15) is 0 Å². The number of benzene rings is 2. The zero-order chi connectivity index (χ0) is 14.7. The van der Waals surface area contributed by atoms with Crippen molar-refractivity contribution in [3.05, 3.63) is 64.7 Å². The molecule has 0 saturated heterocycles. The minimum Gasteiger partial charge on any atom is -0.385 e. The number of nitrogens with zero attached hydrogens (tertiary/aromatic N) is 1. The average molecular weight is 280 g/mol. The van der Waals surface area contributed by atoms with E-state index in [0.29, 0.717) is 0 Å². The Morgan fingerprint density at radius 3 is 2.67 bits per heavy atom.